The predicted octanol–water partition coefficient (Wildman–Crippen LogP) is 7.17. The van der Waals surface area contributed by atoms with E-state index in [1.165, 1.54) is 51.4 Å². The lowest BCUT2D eigenvalue weighted by Crippen LogP contribution is -2.47. The van der Waals surface area contributed by atoms with Crippen LogP contribution in [0, 0.1) is 0 Å². The second-order valence-corrected chi connectivity index (χ2v) is 14.4. The molecule has 1 aliphatic rings. The Morgan fingerprint density at radius 3 is 2.15 bits per heavy atom. The van der Waals surface area contributed by atoms with Gasteiger partial charge in [0.15, 0.2) is 8.32 Å². The molecule has 0 bridgehead atoms. The van der Waals surface area contributed by atoms with E-state index in [9.17, 15) is 4.79 Å². The molecule has 0 saturated carbocycles. The quantitative estimate of drug-likeness (QED) is 0.135. The number of rotatable bonds is 14. The second-order valence-electron chi connectivity index (χ2n) is 9.68. The summed E-state index contributed by atoms with van der Waals surface area (Å²) in [5, 5.41) is 0.180. The monoisotopic (exact) mass is 396 g/mol. The minimum Gasteiger partial charge on any atom is -0.460 e. The molecule has 0 radical (unpaired) electrons. The molecule has 0 spiro atoms. The fraction of sp³-hybridized carbons (Fsp3) is 0.870. The van der Waals surface area contributed by atoms with Gasteiger partial charge in [-0.3, -0.25) is 4.79 Å². The fourth-order valence-corrected chi connectivity index (χ4v) is 4.76. The molecule has 1 fully saturated rings. The van der Waals surface area contributed by atoms with Crippen LogP contribution in [0.15, 0.2) is 12.7 Å². The highest BCUT2D eigenvalue weighted by atomic mass is 28.4. The van der Waals surface area contributed by atoms with Crippen LogP contribution in [-0.2, 0) is 14.0 Å². The SMILES string of the molecule is C=CCCCCCCCCCC[C@@H](O[Si](C)(C)C(C)(C)C)[C@H]1CCC(=O)O1. The minimum atomic E-state index is -1.85. The van der Waals surface area contributed by atoms with Gasteiger partial charge in [0.25, 0.3) is 0 Å². The molecule has 0 aromatic heterocycles. The van der Waals surface area contributed by atoms with Crippen molar-refractivity contribution < 1.29 is 14.0 Å². The number of cyclic esters (lactones) is 1. The summed E-state index contributed by atoms with van der Waals surface area (Å²) in [6.07, 6.45) is 16.0. The lowest BCUT2D eigenvalue weighted by atomic mass is 10.0. The van der Waals surface area contributed by atoms with Crippen LogP contribution >= 0.6 is 0 Å². The van der Waals surface area contributed by atoms with E-state index in [1.807, 2.05) is 6.08 Å². The van der Waals surface area contributed by atoms with Crippen LogP contribution in [0.2, 0.25) is 18.1 Å². The first kappa shape index (κ1) is 24.4. The smallest absolute Gasteiger partial charge is 0.306 e. The highest BCUT2D eigenvalue weighted by molar-refractivity contribution is 6.74. The van der Waals surface area contributed by atoms with Crippen LogP contribution in [0.1, 0.15) is 97.8 Å². The van der Waals surface area contributed by atoms with Crippen LogP contribution in [0.3, 0.4) is 0 Å². The van der Waals surface area contributed by atoms with Crippen molar-refractivity contribution in [2.24, 2.45) is 0 Å². The summed E-state index contributed by atoms with van der Waals surface area (Å²) in [4.78, 5) is 11.6. The molecule has 1 saturated heterocycles. The van der Waals surface area contributed by atoms with E-state index in [2.05, 4.69) is 40.4 Å². The highest BCUT2D eigenvalue weighted by Gasteiger charge is 2.42. The van der Waals surface area contributed by atoms with E-state index in [1.54, 1.807) is 0 Å². The number of esters is 1. The van der Waals surface area contributed by atoms with E-state index in [4.69, 9.17) is 9.16 Å². The van der Waals surface area contributed by atoms with Gasteiger partial charge in [0.1, 0.15) is 6.10 Å². The Bertz CT molecular complexity index is 439. The summed E-state index contributed by atoms with van der Waals surface area (Å²) in [5.74, 6) is -0.0553. The molecule has 4 heteroatoms. The summed E-state index contributed by atoms with van der Waals surface area (Å²) in [6.45, 7) is 15.2. The predicted molar refractivity (Wildman–Crippen MR) is 118 cm³/mol. The zero-order chi connectivity index (χ0) is 20.3. The van der Waals surface area contributed by atoms with E-state index < -0.39 is 8.32 Å². The van der Waals surface area contributed by atoms with Crippen molar-refractivity contribution in [1.29, 1.82) is 0 Å². The van der Waals surface area contributed by atoms with Crippen LogP contribution in [0.4, 0.5) is 0 Å². The first-order valence-electron chi connectivity index (χ1n) is 11.2. The Kier molecular flexibility index (Phi) is 10.9. The maximum atomic E-state index is 11.6. The molecule has 1 rings (SSSR count). The number of hydrogen-bond acceptors (Lipinski definition) is 3. The molecule has 158 valence electrons. The number of carbonyl (C=O) groups is 1. The van der Waals surface area contributed by atoms with Gasteiger partial charge in [0, 0.05) is 6.42 Å². The lowest BCUT2D eigenvalue weighted by Gasteiger charge is -2.40. The Labute approximate surface area is 169 Å². The molecule has 0 aromatic carbocycles. The number of carbonyl (C=O) groups excluding carboxylic acids is 1. The molecule has 2 atom stereocenters. The van der Waals surface area contributed by atoms with E-state index in [-0.39, 0.29) is 23.2 Å². The molecule has 0 unspecified atom stereocenters. The van der Waals surface area contributed by atoms with E-state index in [0.29, 0.717) is 6.42 Å². The van der Waals surface area contributed by atoms with Gasteiger partial charge in [0.2, 0.25) is 0 Å². The van der Waals surface area contributed by atoms with Gasteiger partial charge in [-0.25, -0.2) is 0 Å². The van der Waals surface area contributed by atoms with Crippen molar-refractivity contribution in [3.63, 3.8) is 0 Å². The zero-order valence-corrected chi connectivity index (χ0v) is 19.6. The molecular weight excluding hydrogens is 352 g/mol. The standard InChI is InChI=1S/C23H44O3Si/c1-7-8-9-10-11-12-13-14-15-16-17-21(20-18-19-22(24)25-20)26-27(5,6)23(2,3)4/h7,20-21H,1,8-19H2,2-6H3/t20-,21-/m1/s1. The Morgan fingerprint density at radius 2 is 1.67 bits per heavy atom. The summed E-state index contributed by atoms with van der Waals surface area (Å²) < 4.78 is 12.2. The van der Waals surface area contributed by atoms with Gasteiger partial charge in [-0.15, -0.1) is 6.58 Å². The van der Waals surface area contributed by atoms with Crippen LogP contribution in [0.5, 0.6) is 0 Å². The minimum absolute atomic E-state index is 0.0310. The molecule has 0 amide bonds. The van der Waals surface area contributed by atoms with Crippen LogP contribution in [0.25, 0.3) is 0 Å². The third kappa shape index (κ3) is 9.42. The Balaban J connectivity index is 2.33. The van der Waals surface area contributed by atoms with Crippen LogP contribution in [-0.4, -0.2) is 26.5 Å². The summed E-state index contributed by atoms with van der Waals surface area (Å²) in [6, 6.07) is 0. The fourth-order valence-electron chi connectivity index (χ4n) is 3.38. The first-order valence-corrected chi connectivity index (χ1v) is 14.1. The summed E-state index contributed by atoms with van der Waals surface area (Å²) in [7, 11) is -1.85. The van der Waals surface area contributed by atoms with E-state index in [0.717, 1.165) is 19.3 Å². The number of ether oxygens (including phenoxy) is 1. The van der Waals surface area contributed by atoms with Crippen LogP contribution < -0.4 is 0 Å². The highest BCUT2D eigenvalue weighted by Crippen LogP contribution is 2.39. The van der Waals surface area contributed by atoms with Crippen molar-refractivity contribution in [2.75, 3.05) is 0 Å². The molecule has 1 aliphatic heterocycles. The molecule has 27 heavy (non-hydrogen) atoms. The van der Waals surface area contributed by atoms with Crippen molar-refractivity contribution in [2.45, 2.75) is 128 Å². The average Bonchev–Trinajstić information content (AvgIpc) is 3.00. The Hall–Kier alpha value is -0.613. The molecule has 0 aliphatic carbocycles. The summed E-state index contributed by atoms with van der Waals surface area (Å²) in [5.41, 5.74) is 0. The third-order valence-corrected chi connectivity index (χ3v) is 10.7. The van der Waals surface area contributed by atoms with Gasteiger partial charge in [-0.05, 0) is 43.8 Å². The van der Waals surface area contributed by atoms with Crippen molar-refractivity contribution in [3.8, 4) is 0 Å². The van der Waals surface area contributed by atoms with Crippen molar-refractivity contribution in [1.82, 2.24) is 0 Å². The molecule has 0 aromatic rings. The molecule has 3 nitrogen and oxygen atoms in total. The summed E-state index contributed by atoms with van der Waals surface area (Å²) >= 11 is 0. The van der Waals surface area contributed by atoms with Crippen molar-refractivity contribution >= 4 is 14.3 Å². The van der Waals surface area contributed by atoms with Gasteiger partial charge in [-0.2, -0.15) is 0 Å². The second kappa shape index (κ2) is 12.1. The first-order chi connectivity index (χ1) is 12.7. The number of allylic oxidation sites excluding steroid dienone is 1. The zero-order valence-electron chi connectivity index (χ0n) is 18.6. The van der Waals surface area contributed by atoms with Crippen molar-refractivity contribution in [3.05, 3.63) is 12.7 Å². The molecular formula is C23H44O3Si. The third-order valence-electron chi connectivity index (χ3n) is 6.23. The lowest BCUT2D eigenvalue weighted by molar-refractivity contribution is -0.145. The van der Waals surface area contributed by atoms with Gasteiger partial charge >= 0.3 is 5.97 Å². The molecule has 1 heterocycles. The van der Waals surface area contributed by atoms with Gasteiger partial charge in [0.05, 0.1) is 6.10 Å². The normalized spacial score (nSPS) is 19.1. The maximum Gasteiger partial charge on any atom is 0.306 e. The maximum absolute atomic E-state index is 11.6. The number of unbranched alkanes of at least 4 members (excludes halogenated alkanes) is 8. The Morgan fingerprint density at radius 1 is 1.11 bits per heavy atom. The topological polar surface area (TPSA) is 35.5 Å². The van der Waals surface area contributed by atoms with Gasteiger partial charge < -0.3 is 9.16 Å². The average molecular weight is 397 g/mol. The largest absolute Gasteiger partial charge is 0.460 e. The van der Waals surface area contributed by atoms with Gasteiger partial charge in [-0.1, -0.05) is 71.8 Å². The molecule has 0 N–H and O–H groups in total. The van der Waals surface area contributed by atoms with E-state index >= 15 is 0 Å². The number of hydrogen-bond donors (Lipinski definition) is 0.